The first kappa shape index (κ1) is 33.0. The molecule has 11 nitrogen and oxygen atoms in total. The molecule has 0 saturated carbocycles. The van der Waals surface area contributed by atoms with Gasteiger partial charge in [0.05, 0.1) is 19.2 Å². The Labute approximate surface area is 267 Å². The highest BCUT2D eigenvalue weighted by molar-refractivity contribution is 6.35. The smallest absolute Gasteiger partial charge is 0.268 e. The molecule has 4 aromatic rings. The van der Waals surface area contributed by atoms with Crippen LogP contribution in [0.2, 0.25) is 5.02 Å². The van der Waals surface area contributed by atoms with Crippen LogP contribution in [0.4, 0.5) is 11.6 Å². The van der Waals surface area contributed by atoms with Crippen molar-refractivity contribution in [1.82, 2.24) is 19.9 Å². The van der Waals surface area contributed by atoms with Crippen LogP contribution in [0.15, 0.2) is 65.1 Å². The number of pyridine rings is 1. The van der Waals surface area contributed by atoms with Crippen LogP contribution in [0.3, 0.4) is 0 Å². The van der Waals surface area contributed by atoms with Gasteiger partial charge in [-0.2, -0.15) is 10.2 Å². The zero-order valence-corrected chi connectivity index (χ0v) is 27.1. The summed E-state index contributed by atoms with van der Waals surface area (Å²) in [6, 6.07) is 14.5. The minimum absolute atomic E-state index is 0.0451. The third-order valence-electron chi connectivity index (χ3n) is 7.56. The lowest BCUT2D eigenvalue weighted by Gasteiger charge is -2.22. The van der Waals surface area contributed by atoms with Gasteiger partial charge in [-0.05, 0) is 63.2 Å². The number of methoxy groups -OCH3 is 2. The highest BCUT2D eigenvalue weighted by Crippen LogP contribution is 2.38. The number of nitriles is 1. The Morgan fingerprint density at radius 2 is 1.84 bits per heavy atom. The molecule has 0 radical (unpaired) electrons. The summed E-state index contributed by atoms with van der Waals surface area (Å²) >= 11 is 6.68. The quantitative estimate of drug-likeness (QED) is 0.177. The number of ether oxygens (including phenoxy) is 2. The monoisotopic (exact) mass is 629 g/mol. The normalized spacial score (nSPS) is 11.7. The number of amides is 1. The number of rotatable bonds is 11. The van der Waals surface area contributed by atoms with E-state index in [1.807, 2.05) is 44.2 Å². The van der Waals surface area contributed by atoms with E-state index in [4.69, 9.17) is 21.1 Å². The molecule has 0 fully saturated rings. The number of aryl methyl sites for hydroxylation is 2. The van der Waals surface area contributed by atoms with E-state index in [0.29, 0.717) is 58.3 Å². The molecule has 2 aromatic carbocycles. The maximum Gasteiger partial charge on any atom is 0.268 e. The molecule has 0 aliphatic carbocycles. The van der Waals surface area contributed by atoms with Gasteiger partial charge in [0.2, 0.25) is 5.95 Å². The highest BCUT2D eigenvalue weighted by atomic mass is 35.5. The van der Waals surface area contributed by atoms with Gasteiger partial charge in [-0.1, -0.05) is 23.7 Å². The van der Waals surface area contributed by atoms with Crippen molar-refractivity contribution in [2.45, 2.75) is 32.4 Å². The second-order valence-corrected chi connectivity index (χ2v) is 11.2. The summed E-state index contributed by atoms with van der Waals surface area (Å²) in [5, 5.41) is 16.5. The molecule has 2 aromatic heterocycles. The summed E-state index contributed by atoms with van der Waals surface area (Å²) in [6.45, 7) is 4.06. The molecule has 234 valence electrons. The molecule has 4 rings (SSSR count). The second kappa shape index (κ2) is 13.8. The van der Waals surface area contributed by atoms with E-state index in [9.17, 15) is 14.9 Å². The average molecular weight is 630 g/mol. The van der Waals surface area contributed by atoms with Gasteiger partial charge in [0, 0.05) is 60.6 Å². The van der Waals surface area contributed by atoms with Crippen LogP contribution >= 0.6 is 11.6 Å². The topological polar surface area (TPSA) is 134 Å². The van der Waals surface area contributed by atoms with E-state index >= 15 is 0 Å². The molecule has 0 atom stereocenters. The van der Waals surface area contributed by atoms with Crippen LogP contribution in [0, 0.1) is 11.3 Å². The van der Waals surface area contributed by atoms with Crippen molar-refractivity contribution in [3.8, 4) is 28.7 Å². The van der Waals surface area contributed by atoms with Crippen LogP contribution in [-0.2, 0) is 17.8 Å². The van der Waals surface area contributed by atoms with Gasteiger partial charge < -0.3 is 25.0 Å². The molecular weight excluding hydrogens is 594 g/mol. The minimum atomic E-state index is -0.520. The Hall–Kier alpha value is -4.92. The first-order chi connectivity index (χ1) is 21.5. The number of carbonyl (C=O) groups is 1. The van der Waals surface area contributed by atoms with Crippen LogP contribution < -0.4 is 30.6 Å². The van der Waals surface area contributed by atoms with E-state index in [1.54, 1.807) is 56.2 Å². The maximum absolute atomic E-state index is 14.0. The van der Waals surface area contributed by atoms with Gasteiger partial charge in [-0.25, -0.2) is 4.98 Å². The van der Waals surface area contributed by atoms with E-state index in [1.165, 1.54) is 19.1 Å². The fraction of sp³-hybridized carbons (Fsp3) is 0.303. The Morgan fingerprint density at radius 3 is 2.44 bits per heavy atom. The Bertz CT molecular complexity index is 1860. The lowest BCUT2D eigenvalue weighted by molar-refractivity contribution is -0.114. The molecule has 2 heterocycles. The molecule has 0 aliphatic heterocycles. The zero-order chi connectivity index (χ0) is 32.9. The van der Waals surface area contributed by atoms with E-state index in [0.717, 1.165) is 5.56 Å². The van der Waals surface area contributed by atoms with E-state index in [2.05, 4.69) is 20.6 Å². The number of likely N-dealkylation sites (N-methyl/N-ethyl adjacent to an activating group) is 2. The first-order valence-corrected chi connectivity index (χ1v) is 14.5. The Balaban J connectivity index is 1.69. The number of anilines is 2. The highest BCUT2D eigenvalue weighted by Gasteiger charge is 2.22. The fourth-order valence-corrected chi connectivity index (χ4v) is 5.00. The molecule has 1 amide bonds. The standard InChI is InChI=1S/C33H36ClN7O4/c1-33(2,37-4)17-22(18-35)30(42)40(5)23-10-8-20(9-11-23)12-13-41-29-21(19-38-32(36-3)39-29)14-26(31(41)43)25-15-24(44-6)16-27(45-7)28(25)34/h8-11,14-17,19,37H,12-13H2,1-7H3,(H,36,38,39). The van der Waals surface area contributed by atoms with Crippen LogP contribution in [0.25, 0.3) is 22.2 Å². The number of nitrogens with zero attached hydrogens (tertiary/aromatic N) is 5. The van der Waals surface area contributed by atoms with E-state index in [-0.39, 0.29) is 16.2 Å². The third-order valence-corrected chi connectivity index (χ3v) is 7.95. The molecule has 0 spiro atoms. The third kappa shape index (κ3) is 7.09. The van der Waals surface area contributed by atoms with Crippen LogP contribution in [0.1, 0.15) is 19.4 Å². The Morgan fingerprint density at radius 1 is 1.13 bits per heavy atom. The molecule has 12 heteroatoms. The van der Waals surface area contributed by atoms with Crippen molar-refractivity contribution in [1.29, 1.82) is 5.26 Å². The summed E-state index contributed by atoms with van der Waals surface area (Å²) in [7, 11) is 8.13. The number of aromatic nitrogens is 3. The van der Waals surface area contributed by atoms with Crippen molar-refractivity contribution >= 4 is 40.2 Å². The zero-order valence-electron chi connectivity index (χ0n) is 26.4. The average Bonchev–Trinajstić information content (AvgIpc) is 3.06. The fourth-order valence-electron chi connectivity index (χ4n) is 4.71. The van der Waals surface area contributed by atoms with Crippen molar-refractivity contribution in [3.05, 3.63) is 81.3 Å². The lowest BCUT2D eigenvalue weighted by Crippen LogP contribution is -2.36. The number of fused-ring (bicyclic) bond motifs is 1. The van der Waals surface area contributed by atoms with Gasteiger partial charge in [0.25, 0.3) is 11.5 Å². The predicted molar refractivity (Wildman–Crippen MR) is 177 cm³/mol. The van der Waals surface area contributed by atoms with Gasteiger partial charge in [0.1, 0.15) is 28.8 Å². The molecule has 45 heavy (non-hydrogen) atoms. The summed E-state index contributed by atoms with van der Waals surface area (Å²) in [5.74, 6) is 0.845. The molecule has 0 bridgehead atoms. The maximum atomic E-state index is 14.0. The summed E-state index contributed by atoms with van der Waals surface area (Å²) in [5.41, 5.74) is 2.08. The minimum Gasteiger partial charge on any atom is -0.497 e. The van der Waals surface area contributed by atoms with Gasteiger partial charge in [-0.15, -0.1) is 0 Å². The number of benzene rings is 2. The number of hydrogen-bond donors (Lipinski definition) is 2. The largest absolute Gasteiger partial charge is 0.497 e. The molecule has 0 unspecified atom stereocenters. The van der Waals surface area contributed by atoms with E-state index < -0.39 is 11.4 Å². The Kier molecular flexibility index (Phi) is 10.1. The lowest BCUT2D eigenvalue weighted by atomic mass is 10.0. The molecule has 0 aliphatic rings. The number of nitrogens with one attached hydrogen (secondary N) is 2. The first-order valence-electron chi connectivity index (χ1n) is 14.2. The summed E-state index contributed by atoms with van der Waals surface area (Å²) in [4.78, 5) is 37.5. The number of hydrogen-bond acceptors (Lipinski definition) is 9. The second-order valence-electron chi connectivity index (χ2n) is 10.9. The molecular formula is C33H36ClN7O4. The summed E-state index contributed by atoms with van der Waals surface area (Å²) < 4.78 is 12.5. The molecule has 2 N–H and O–H groups in total. The number of carbonyl (C=O) groups excluding carboxylic acids is 1. The predicted octanol–water partition coefficient (Wildman–Crippen LogP) is 4.82. The molecule has 0 saturated heterocycles. The van der Waals surface area contributed by atoms with Crippen molar-refractivity contribution in [3.63, 3.8) is 0 Å². The van der Waals surface area contributed by atoms with Crippen LogP contribution in [0.5, 0.6) is 11.5 Å². The SMILES string of the molecule is CNc1ncc2cc(-c3cc(OC)cc(OC)c3Cl)c(=O)n(CCc3ccc(N(C)C(=O)C(C#N)=CC(C)(C)NC)cc3)c2n1. The van der Waals surface area contributed by atoms with Gasteiger partial charge in [0.15, 0.2) is 0 Å². The van der Waals surface area contributed by atoms with Crippen LogP contribution in [-0.4, -0.2) is 61.3 Å². The van der Waals surface area contributed by atoms with Crippen molar-refractivity contribution in [2.24, 2.45) is 0 Å². The van der Waals surface area contributed by atoms with Gasteiger partial charge in [-0.3, -0.25) is 14.2 Å². The van der Waals surface area contributed by atoms with Gasteiger partial charge >= 0.3 is 0 Å². The van der Waals surface area contributed by atoms with Crippen molar-refractivity contribution in [2.75, 3.05) is 45.6 Å². The number of halogens is 1. The van der Waals surface area contributed by atoms with Crippen molar-refractivity contribution < 1.29 is 14.3 Å². The summed E-state index contributed by atoms with van der Waals surface area (Å²) in [6.07, 6.45) is 3.76.